The maximum atomic E-state index is 11.0. The molecule has 0 amide bonds. The van der Waals surface area contributed by atoms with Crippen LogP contribution in [0, 0.1) is 0 Å². The van der Waals surface area contributed by atoms with Gasteiger partial charge in [-0.05, 0) is 6.92 Å². The molecule has 0 aliphatic carbocycles. The van der Waals surface area contributed by atoms with Gasteiger partial charge in [-0.25, -0.2) is 9.48 Å². The number of nitrogens with two attached hydrogens (primary N) is 1. The summed E-state index contributed by atoms with van der Waals surface area (Å²) in [5.74, 6) is -3.08. The molecule has 1 heterocycles. The summed E-state index contributed by atoms with van der Waals surface area (Å²) < 4.78 is 37.9. The average Bonchev–Trinajstić information content (AvgIpc) is 2.76. The number of ether oxygens (including phenoxy) is 1. The monoisotopic (exact) mass is 298 g/mol. The number of carboxylic acid groups (broad SMARTS) is 1. The third kappa shape index (κ3) is 7.31. The molecule has 0 saturated carbocycles. The summed E-state index contributed by atoms with van der Waals surface area (Å²) in [6.45, 7) is 2.53. The molecule has 0 saturated heterocycles. The molecule has 1 rings (SSSR count). The van der Waals surface area contributed by atoms with Crippen molar-refractivity contribution in [1.82, 2.24) is 15.0 Å². The van der Waals surface area contributed by atoms with Gasteiger partial charge in [-0.1, -0.05) is 5.21 Å². The SMILES string of the molecule is CCOC(=O)Cn1cc(CN)nn1.O=C(O)C(F)(F)F. The Morgan fingerprint density at radius 3 is 2.40 bits per heavy atom. The quantitative estimate of drug-likeness (QED) is 0.746. The van der Waals surface area contributed by atoms with Crippen molar-refractivity contribution in [2.45, 2.75) is 26.2 Å². The van der Waals surface area contributed by atoms with E-state index < -0.39 is 12.1 Å². The third-order valence-electron chi connectivity index (χ3n) is 1.63. The normalized spacial score (nSPS) is 10.4. The van der Waals surface area contributed by atoms with Crippen LogP contribution in [0.5, 0.6) is 0 Å². The number of rotatable bonds is 4. The molecule has 0 aromatic carbocycles. The number of nitrogens with zero attached hydrogens (tertiary/aromatic N) is 3. The summed E-state index contributed by atoms with van der Waals surface area (Å²) >= 11 is 0. The lowest BCUT2D eigenvalue weighted by Crippen LogP contribution is -2.21. The van der Waals surface area contributed by atoms with Crippen molar-refractivity contribution < 1.29 is 32.6 Å². The lowest BCUT2D eigenvalue weighted by Gasteiger charge is -1.99. The number of carbonyl (C=O) groups excluding carboxylic acids is 1. The number of carboxylic acids is 1. The van der Waals surface area contributed by atoms with E-state index in [-0.39, 0.29) is 12.5 Å². The standard InChI is InChI=1S/C7H12N4O2.C2HF3O2/c1-2-13-7(12)5-11-4-6(3-8)9-10-11;3-2(4,5)1(6)7/h4H,2-3,5,8H2,1H3;(H,6,7). The largest absolute Gasteiger partial charge is 0.490 e. The van der Waals surface area contributed by atoms with Crippen molar-refractivity contribution in [3.63, 3.8) is 0 Å². The van der Waals surface area contributed by atoms with Gasteiger partial charge in [0.15, 0.2) is 0 Å². The van der Waals surface area contributed by atoms with Crippen molar-refractivity contribution in [1.29, 1.82) is 0 Å². The van der Waals surface area contributed by atoms with Crippen LogP contribution < -0.4 is 5.73 Å². The molecule has 0 fully saturated rings. The van der Waals surface area contributed by atoms with Crippen LogP contribution in [0.15, 0.2) is 6.20 Å². The molecule has 1 aromatic rings. The number of halogens is 3. The Bertz CT molecular complexity index is 447. The molecule has 0 aliphatic heterocycles. The van der Waals surface area contributed by atoms with E-state index in [1.54, 1.807) is 13.1 Å². The summed E-state index contributed by atoms with van der Waals surface area (Å²) in [5.41, 5.74) is 5.98. The van der Waals surface area contributed by atoms with Gasteiger partial charge < -0.3 is 15.6 Å². The molecule has 0 radical (unpaired) electrons. The zero-order valence-corrected chi connectivity index (χ0v) is 10.4. The van der Waals surface area contributed by atoms with Crippen LogP contribution in [0.2, 0.25) is 0 Å². The first-order chi connectivity index (χ1) is 9.20. The molecule has 0 atom stereocenters. The van der Waals surface area contributed by atoms with Gasteiger partial charge in [0, 0.05) is 6.54 Å². The minimum absolute atomic E-state index is 0.0842. The number of alkyl halides is 3. The Hall–Kier alpha value is -2.17. The molecule has 0 unspecified atom stereocenters. The summed E-state index contributed by atoms with van der Waals surface area (Å²) in [5, 5.41) is 14.5. The number of hydrogen-bond acceptors (Lipinski definition) is 6. The highest BCUT2D eigenvalue weighted by molar-refractivity contribution is 5.73. The summed E-state index contributed by atoms with van der Waals surface area (Å²) in [6.07, 6.45) is -3.46. The molecule has 0 spiro atoms. The van der Waals surface area contributed by atoms with Crippen LogP contribution in [-0.2, 0) is 27.4 Å². The maximum Gasteiger partial charge on any atom is 0.490 e. The minimum Gasteiger partial charge on any atom is -0.475 e. The van der Waals surface area contributed by atoms with Gasteiger partial charge in [0.05, 0.1) is 18.5 Å². The van der Waals surface area contributed by atoms with Crippen molar-refractivity contribution in [2.75, 3.05) is 6.61 Å². The molecule has 3 N–H and O–H groups in total. The smallest absolute Gasteiger partial charge is 0.475 e. The Morgan fingerprint density at radius 1 is 1.50 bits per heavy atom. The molecule has 114 valence electrons. The molecule has 1 aromatic heterocycles. The van der Waals surface area contributed by atoms with E-state index in [0.29, 0.717) is 18.8 Å². The number of hydrogen-bond donors (Lipinski definition) is 2. The van der Waals surface area contributed by atoms with Gasteiger partial charge in [0.2, 0.25) is 0 Å². The van der Waals surface area contributed by atoms with Crippen LogP contribution in [-0.4, -0.2) is 44.8 Å². The van der Waals surface area contributed by atoms with E-state index in [9.17, 15) is 18.0 Å². The second-order valence-corrected chi connectivity index (χ2v) is 3.22. The minimum atomic E-state index is -5.08. The molecular formula is C9H13F3N4O4. The fraction of sp³-hybridized carbons (Fsp3) is 0.556. The average molecular weight is 298 g/mol. The molecular weight excluding hydrogens is 285 g/mol. The Morgan fingerprint density at radius 2 is 2.05 bits per heavy atom. The highest BCUT2D eigenvalue weighted by Crippen LogP contribution is 2.13. The van der Waals surface area contributed by atoms with E-state index in [0.717, 1.165) is 0 Å². The van der Waals surface area contributed by atoms with E-state index in [1.807, 2.05) is 0 Å². The van der Waals surface area contributed by atoms with E-state index >= 15 is 0 Å². The topological polar surface area (TPSA) is 120 Å². The van der Waals surface area contributed by atoms with E-state index in [2.05, 4.69) is 10.3 Å². The van der Waals surface area contributed by atoms with Gasteiger partial charge in [-0.2, -0.15) is 13.2 Å². The third-order valence-corrected chi connectivity index (χ3v) is 1.63. The fourth-order valence-electron chi connectivity index (χ4n) is 0.848. The number of aromatic nitrogens is 3. The van der Waals surface area contributed by atoms with Gasteiger partial charge in [-0.15, -0.1) is 5.10 Å². The van der Waals surface area contributed by atoms with E-state index in [4.69, 9.17) is 20.4 Å². The second kappa shape index (κ2) is 8.09. The zero-order chi connectivity index (χ0) is 15.8. The Kier molecular flexibility index (Phi) is 7.21. The summed E-state index contributed by atoms with van der Waals surface area (Å²) in [4.78, 5) is 19.9. The van der Waals surface area contributed by atoms with Gasteiger partial charge in [-0.3, -0.25) is 4.79 Å². The van der Waals surface area contributed by atoms with Crippen molar-refractivity contribution in [3.8, 4) is 0 Å². The number of aliphatic carboxylic acids is 1. The Balaban J connectivity index is 0.000000441. The lowest BCUT2D eigenvalue weighted by molar-refractivity contribution is -0.192. The molecule has 0 bridgehead atoms. The summed E-state index contributed by atoms with van der Waals surface area (Å²) in [7, 11) is 0. The zero-order valence-electron chi connectivity index (χ0n) is 10.4. The van der Waals surface area contributed by atoms with Crippen LogP contribution in [0.3, 0.4) is 0 Å². The van der Waals surface area contributed by atoms with Gasteiger partial charge in [0.1, 0.15) is 6.54 Å². The number of carbonyl (C=O) groups is 2. The van der Waals surface area contributed by atoms with Crippen molar-refractivity contribution in [3.05, 3.63) is 11.9 Å². The predicted molar refractivity (Wildman–Crippen MR) is 58.2 cm³/mol. The van der Waals surface area contributed by atoms with Crippen molar-refractivity contribution in [2.24, 2.45) is 5.73 Å². The molecule has 0 aliphatic rings. The Labute approximate surface area is 111 Å². The van der Waals surface area contributed by atoms with Crippen LogP contribution >= 0.6 is 0 Å². The van der Waals surface area contributed by atoms with Gasteiger partial charge >= 0.3 is 18.1 Å². The summed E-state index contributed by atoms with van der Waals surface area (Å²) in [6, 6.07) is 0. The molecule has 20 heavy (non-hydrogen) atoms. The van der Waals surface area contributed by atoms with E-state index in [1.165, 1.54) is 4.68 Å². The second-order valence-electron chi connectivity index (χ2n) is 3.22. The highest BCUT2D eigenvalue weighted by Gasteiger charge is 2.38. The first-order valence-corrected chi connectivity index (χ1v) is 5.25. The fourth-order valence-corrected chi connectivity index (χ4v) is 0.848. The van der Waals surface area contributed by atoms with Crippen LogP contribution in [0.4, 0.5) is 13.2 Å². The first-order valence-electron chi connectivity index (χ1n) is 5.25. The van der Waals surface area contributed by atoms with Crippen LogP contribution in [0.1, 0.15) is 12.6 Å². The highest BCUT2D eigenvalue weighted by atomic mass is 19.4. The molecule has 8 nitrogen and oxygen atoms in total. The lowest BCUT2D eigenvalue weighted by atomic mass is 10.5. The molecule has 11 heteroatoms. The maximum absolute atomic E-state index is 11.0. The van der Waals surface area contributed by atoms with Crippen molar-refractivity contribution >= 4 is 11.9 Å². The first kappa shape index (κ1) is 17.8. The van der Waals surface area contributed by atoms with Crippen LogP contribution in [0.25, 0.3) is 0 Å². The predicted octanol–water partition coefficient (Wildman–Crippen LogP) is -0.0668. The van der Waals surface area contributed by atoms with Gasteiger partial charge in [0.25, 0.3) is 0 Å². The number of esters is 1.